The van der Waals surface area contributed by atoms with Gasteiger partial charge in [-0.05, 0) is 54.8 Å². The number of anilines is 1. The van der Waals surface area contributed by atoms with Crippen LogP contribution in [0.4, 0.5) is 5.69 Å². The molecule has 6 nitrogen and oxygen atoms in total. The summed E-state index contributed by atoms with van der Waals surface area (Å²) >= 11 is 0. The first kappa shape index (κ1) is 16.7. The lowest BCUT2D eigenvalue weighted by Gasteiger charge is -2.31. The van der Waals surface area contributed by atoms with E-state index in [4.69, 9.17) is 0 Å². The van der Waals surface area contributed by atoms with E-state index in [1.54, 1.807) is 24.4 Å². The Balaban J connectivity index is 1.47. The van der Waals surface area contributed by atoms with E-state index in [9.17, 15) is 9.59 Å². The molecule has 2 aliphatic rings. The van der Waals surface area contributed by atoms with Crippen LogP contribution >= 0.6 is 0 Å². The summed E-state index contributed by atoms with van der Waals surface area (Å²) < 4.78 is 0. The van der Waals surface area contributed by atoms with Crippen molar-refractivity contribution in [2.75, 3.05) is 25.0 Å². The molecule has 0 spiro atoms. The number of nitrogens with zero attached hydrogens (tertiary/aromatic N) is 2. The standard InChI is InChI=1S/C20H22N4O2/c25-19(18-3-1-2-8-22-18)23-17-5-4-14-7-10-24(13-16(14)11-17)20(26)15-6-9-21-12-15/h1-5,8,11,15,21H,6-7,9-10,12-13H2,(H,23,25). The predicted molar refractivity (Wildman–Crippen MR) is 98.7 cm³/mol. The molecule has 4 rings (SSSR count). The Labute approximate surface area is 152 Å². The average molecular weight is 350 g/mol. The SMILES string of the molecule is O=C(Nc1ccc2c(c1)CN(C(=O)C1CCNC1)CC2)c1ccccn1. The lowest BCUT2D eigenvalue weighted by atomic mass is 9.97. The highest BCUT2D eigenvalue weighted by atomic mass is 16.2. The Morgan fingerprint density at radius 3 is 2.88 bits per heavy atom. The van der Waals surface area contributed by atoms with Crippen molar-refractivity contribution >= 4 is 17.5 Å². The van der Waals surface area contributed by atoms with Crippen LogP contribution in [-0.2, 0) is 17.8 Å². The number of pyridine rings is 1. The first-order chi connectivity index (χ1) is 12.7. The van der Waals surface area contributed by atoms with Crippen LogP contribution in [0.25, 0.3) is 0 Å². The number of hydrogen-bond acceptors (Lipinski definition) is 4. The summed E-state index contributed by atoms with van der Waals surface area (Å²) in [5.41, 5.74) is 3.47. The van der Waals surface area contributed by atoms with Gasteiger partial charge in [0.1, 0.15) is 5.69 Å². The number of fused-ring (bicyclic) bond motifs is 1. The van der Waals surface area contributed by atoms with Gasteiger partial charge >= 0.3 is 0 Å². The van der Waals surface area contributed by atoms with Crippen LogP contribution < -0.4 is 10.6 Å². The molecule has 1 atom stereocenters. The zero-order valence-corrected chi connectivity index (χ0v) is 14.6. The third-order valence-electron chi connectivity index (χ3n) is 5.10. The molecule has 2 aliphatic heterocycles. The summed E-state index contributed by atoms with van der Waals surface area (Å²) in [7, 11) is 0. The maximum atomic E-state index is 12.7. The van der Waals surface area contributed by atoms with E-state index >= 15 is 0 Å². The summed E-state index contributed by atoms with van der Waals surface area (Å²) in [6.45, 7) is 3.08. The molecule has 1 saturated heterocycles. The first-order valence-electron chi connectivity index (χ1n) is 9.04. The van der Waals surface area contributed by atoms with Gasteiger partial charge in [-0.25, -0.2) is 0 Å². The van der Waals surface area contributed by atoms with Crippen LogP contribution in [0, 0.1) is 5.92 Å². The number of carbonyl (C=O) groups is 2. The molecule has 0 radical (unpaired) electrons. The maximum Gasteiger partial charge on any atom is 0.274 e. The molecule has 134 valence electrons. The van der Waals surface area contributed by atoms with E-state index in [2.05, 4.69) is 15.6 Å². The van der Waals surface area contributed by atoms with Crippen molar-refractivity contribution in [3.8, 4) is 0 Å². The van der Waals surface area contributed by atoms with Crippen molar-refractivity contribution in [1.82, 2.24) is 15.2 Å². The second-order valence-corrected chi connectivity index (χ2v) is 6.85. The molecular formula is C20H22N4O2. The minimum atomic E-state index is -0.230. The number of hydrogen-bond donors (Lipinski definition) is 2. The summed E-state index contributed by atoms with van der Waals surface area (Å²) in [5.74, 6) is 0.110. The summed E-state index contributed by atoms with van der Waals surface area (Å²) in [6, 6.07) is 11.2. The van der Waals surface area contributed by atoms with Gasteiger partial charge in [0, 0.05) is 31.5 Å². The molecular weight excluding hydrogens is 328 g/mol. The van der Waals surface area contributed by atoms with Gasteiger partial charge in [0.05, 0.1) is 5.92 Å². The molecule has 1 fully saturated rings. The number of carbonyl (C=O) groups excluding carboxylic acids is 2. The molecule has 6 heteroatoms. The highest BCUT2D eigenvalue weighted by molar-refractivity contribution is 6.02. The Kier molecular flexibility index (Phi) is 4.67. The summed E-state index contributed by atoms with van der Waals surface area (Å²) in [6.07, 6.45) is 3.38. The van der Waals surface area contributed by atoms with Gasteiger partial charge in [0.25, 0.3) is 5.91 Å². The zero-order chi connectivity index (χ0) is 17.9. The van der Waals surface area contributed by atoms with Crippen LogP contribution in [0.3, 0.4) is 0 Å². The fraction of sp³-hybridized carbons (Fsp3) is 0.350. The number of nitrogens with one attached hydrogen (secondary N) is 2. The smallest absolute Gasteiger partial charge is 0.274 e. The van der Waals surface area contributed by atoms with Crippen LogP contribution in [0.5, 0.6) is 0 Å². The van der Waals surface area contributed by atoms with Crippen molar-refractivity contribution in [1.29, 1.82) is 0 Å². The Bertz CT molecular complexity index is 816. The number of rotatable bonds is 3. The van der Waals surface area contributed by atoms with Crippen LogP contribution in [0.1, 0.15) is 28.0 Å². The van der Waals surface area contributed by atoms with E-state index in [1.807, 2.05) is 23.1 Å². The Morgan fingerprint density at radius 1 is 1.19 bits per heavy atom. The van der Waals surface area contributed by atoms with E-state index in [0.29, 0.717) is 12.2 Å². The van der Waals surface area contributed by atoms with Crippen molar-refractivity contribution in [2.24, 2.45) is 5.92 Å². The lowest BCUT2D eigenvalue weighted by molar-refractivity contribution is -0.135. The molecule has 2 aromatic rings. The van der Waals surface area contributed by atoms with Crippen molar-refractivity contribution in [3.05, 3.63) is 59.4 Å². The van der Waals surface area contributed by atoms with Gasteiger partial charge in [-0.15, -0.1) is 0 Å². The fourth-order valence-electron chi connectivity index (χ4n) is 3.64. The quantitative estimate of drug-likeness (QED) is 0.886. The van der Waals surface area contributed by atoms with E-state index in [0.717, 1.165) is 43.7 Å². The molecule has 0 saturated carbocycles. The second-order valence-electron chi connectivity index (χ2n) is 6.85. The molecule has 2 N–H and O–H groups in total. The first-order valence-corrected chi connectivity index (χ1v) is 9.04. The van der Waals surface area contributed by atoms with Gasteiger partial charge in [0.2, 0.25) is 5.91 Å². The zero-order valence-electron chi connectivity index (χ0n) is 14.6. The van der Waals surface area contributed by atoms with Crippen LogP contribution in [0.2, 0.25) is 0 Å². The third-order valence-corrected chi connectivity index (χ3v) is 5.10. The number of benzene rings is 1. The van der Waals surface area contributed by atoms with Crippen molar-refractivity contribution in [3.63, 3.8) is 0 Å². The van der Waals surface area contributed by atoms with Crippen molar-refractivity contribution < 1.29 is 9.59 Å². The van der Waals surface area contributed by atoms with Crippen molar-refractivity contribution in [2.45, 2.75) is 19.4 Å². The fourth-order valence-corrected chi connectivity index (χ4v) is 3.64. The summed E-state index contributed by atoms with van der Waals surface area (Å²) in [4.78, 5) is 31.0. The van der Waals surface area contributed by atoms with Gasteiger partial charge in [-0.3, -0.25) is 14.6 Å². The van der Waals surface area contributed by atoms with Crippen LogP contribution in [-0.4, -0.2) is 41.3 Å². The van der Waals surface area contributed by atoms with Gasteiger partial charge in [-0.1, -0.05) is 12.1 Å². The van der Waals surface area contributed by atoms with Crippen LogP contribution in [0.15, 0.2) is 42.6 Å². The third kappa shape index (κ3) is 3.46. The topological polar surface area (TPSA) is 74.3 Å². The molecule has 3 heterocycles. The minimum Gasteiger partial charge on any atom is -0.338 e. The predicted octanol–water partition coefficient (Wildman–Crippen LogP) is 1.83. The van der Waals surface area contributed by atoms with Gasteiger partial charge in [0.15, 0.2) is 0 Å². The minimum absolute atomic E-state index is 0.101. The molecule has 1 unspecified atom stereocenters. The molecule has 1 aromatic heterocycles. The summed E-state index contributed by atoms with van der Waals surface area (Å²) in [5, 5.41) is 6.15. The second kappa shape index (κ2) is 7.25. The highest BCUT2D eigenvalue weighted by Crippen LogP contribution is 2.25. The average Bonchev–Trinajstić information content (AvgIpc) is 3.22. The van der Waals surface area contributed by atoms with E-state index in [1.165, 1.54) is 5.56 Å². The van der Waals surface area contributed by atoms with Gasteiger partial charge < -0.3 is 15.5 Å². The molecule has 26 heavy (non-hydrogen) atoms. The lowest BCUT2D eigenvalue weighted by Crippen LogP contribution is -2.40. The Hall–Kier alpha value is -2.73. The molecule has 0 bridgehead atoms. The maximum absolute atomic E-state index is 12.7. The number of aromatic nitrogens is 1. The molecule has 1 aromatic carbocycles. The van der Waals surface area contributed by atoms with E-state index in [-0.39, 0.29) is 17.7 Å². The monoisotopic (exact) mass is 350 g/mol. The number of amides is 2. The largest absolute Gasteiger partial charge is 0.338 e. The Morgan fingerprint density at radius 2 is 2.12 bits per heavy atom. The highest BCUT2D eigenvalue weighted by Gasteiger charge is 2.29. The molecule has 2 amide bonds. The normalized spacial score (nSPS) is 19.1. The van der Waals surface area contributed by atoms with Gasteiger partial charge in [-0.2, -0.15) is 0 Å². The molecule has 0 aliphatic carbocycles. The van der Waals surface area contributed by atoms with E-state index < -0.39 is 0 Å².